The summed E-state index contributed by atoms with van der Waals surface area (Å²) < 4.78 is 0. The summed E-state index contributed by atoms with van der Waals surface area (Å²) in [6.45, 7) is 7.42. The van der Waals surface area contributed by atoms with Crippen molar-refractivity contribution in [1.82, 2.24) is 25.6 Å². The molecule has 0 radical (unpaired) electrons. The zero-order valence-corrected chi connectivity index (χ0v) is 8.58. The number of aromatic amines is 1. The Morgan fingerprint density at radius 2 is 1.93 bits per heavy atom. The van der Waals surface area contributed by atoms with Crippen molar-refractivity contribution in [3.05, 3.63) is 11.4 Å². The summed E-state index contributed by atoms with van der Waals surface area (Å²) in [5.41, 5.74) is 2.21. The highest BCUT2D eigenvalue weighted by atomic mass is 15.3. The van der Waals surface area contributed by atoms with Crippen molar-refractivity contribution in [2.24, 2.45) is 0 Å². The SMILES string of the molecule is CCc1n[nH]nc1CN1CCNCC1. The molecule has 2 N–H and O–H groups in total. The fourth-order valence-corrected chi connectivity index (χ4v) is 1.77. The summed E-state index contributed by atoms with van der Waals surface area (Å²) in [5, 5.41) is 14.3. The zero-order chi connectivity index (χ0) is 9.80. The molecule has 1 aliphatic rings. The molecule has 14 heavy (non-hydrogen) atoms. The highest BCUT2D eigenvalue weighted by molar-refractivity contribution is 5.07. The summed E-state index contributed by atoms with van der Waals surface area (Å²) >= 11 is 0. The molecule has 1 aromatic heterocycles. The molecule has 1 fully saturated rings. The lowest BCUT2D eigenvalue weighted by Crippen LogP contribution is -2.43. The van der Waals surface area contributed by atoms with Crippen LogP contribution in [-0.4, -0.2) is 46.5 Å². The third-order valence-electron chi connectivity index (χ3n) is 2.62. The standard InChI is InChI=1S/C9H17N5/c1-2-8-9(12-13-11-8)7-14-5-3-10-4-6-14/h10H,2-7H2,1H3,(H,11,12,13). The number of aromatic nitrogens is 3. The summed E-state index contributed by atoms with van der Waals surface area (Å²) in [6, 6.07) is 0. The largest absolute Gasteiger partial charge is 0.314 e. The van der Waals surface area contributed by atoms with Crippen LogP contribution in [-0.2, 0) is 13.0 Å². The van der Waals surface area contributed by atoms with Gasteiger partial charge in [-0.1, -0.05) is 6.92 Å². The smallest absolute Gasteiger partial charge is 0.0996 e. The maximum Gasteiger partial charge on any atom is 0.0996 e. The number of piperazine rings is 1. The molecule has 1 aromatic rings. The second-order valence-corrected chi connectivity index (χ2v) is 3.60. The molecule has 0 amide bonds. The van der Waals surface area contributed by atoms with E-state index in [1.165, 1.54) is 0 Å². The van der Waals surface area contributed by atoms with Gasteiger partial charge in [0.2, 0.25) is 0 Å². The third-order valence-corrected chi connectivity index (χ3v) is 2.62. The van der Waals surface area contributed by atoms with E-state index < -0.39 is 0 Å². The average Bonchev–Trinajstić information content (AvgIpc) is 2.67. The van der Waals surface area contributed by atoms with Crippen molar-refractivity contribution in [3.8, 4) is 0 Å². The Labute approximate surface area is 83.9 Å². The van der Waals surface area contributed by atoms with E-state index in [2.05, 4.69) is 32.6 Å². The lowest BCUT2D eigenvalue weighted by Gasteiger charge is -2.26. The Kier molecular flexibility index (Phi) is 3.10. The van der Waals surface area contributed by atoms with E-state index in [4.69, 9.17) is 0 Å². The summed E-state index contributed by atoms with van der Waals surface area (Å²) in [5.74, 6) is 0. The molecule has 5 heteroatoms. The molecule has 5 nitrogen and oxygen atoms in total. The van der Waals surface area contributed by atoms with E-state index in [0.717, 1.165) is 50.5 Å². The maximum absolute atomic E-state index is 4.18. The van der Waals surface area contributed by atoms with Crippen LogP contribution in [0.4, 0.5) is 0 Å². The van der Waals surface area contributed by atoms with Crippen molar-refractivity contribution in [2.75, 3.05) is 26.2 Å². The Morgan fingerprint density at radius 3 is 2.64 bits per heavy atom. The van der Waals surface area contributed by atoms with Crippen LogP contribution in [0.15, 0.2) is 0 Å². The van der Waals surface area contributed by atoms with Gasteiger partial charge in [0.15, 0.2) is 0 Å². The number of aryl methyl sites for hydroxylation is 1. The Balaban J connectivity index is 1.95. The normalized spacial score (nSPS) is 18.6. The molecule has 0 spiro atoms. The van der Waals surface area contributed by atoms with E-state index >= 15 is 0 Å². The summed E-state index contributed by atoms with van der Waals surface area (Å²) in [6.07, 6.45) is 0.956. The van der Waals surface area contributed by atoms with Gasteiger partial charge in [0.1, 0.15) is 0 Å². The van der Waals surface area contributed by atoms with Gasteiger partial charge in [-0.2, -0.15) is 15.4 Å². The Morgan fingerprint density at radius 1 is 1.21 bits per heavy atom. The number of hydrogen-bond donors (Lipinski definition) is 2. The lowest BCUT2D eigenvalue weighted by atomic mass is 10.2. The Hall–Kier alpha value is -0.940. The highest BCUT2D eigenvalue weighted by Gasteiger charge is 2.13. The molecule has 2 rings (SSSR count). The van der Waals surface area contributed by atoms with Crippen LogP contribution in [0.1, 0.15) is 18.3 Å². The number of hydrogen-bond acceptors (Lipinski definition) is 4. The fourth-order valence-electron chi connectivity index (χ4n) is 1.77. The van der Waals surface area contributed by atoms with E-state index in [1.807, 2.05) is 0 Å². The average molecular weight is 195 g/mol. The molecular formula is C9H17N5. The molecule has 0 aliphatic carbocycles. The summed E-state index contributed by atoms with van der Waals surface area (Å²) in [4.78, 5) is 2.41. The van der Waals surface area contributed by atoms with Crippen molar-refractivity contribution in [2.45, 2.75) is 19.9 Å². The van der Waals surface area contributed by atoms with Gasteiger partial charge in [-0.15, -0.1) is 0 Å². The van der Waals surface area contributed by atoms with Crippen LogP contribution >= 0.6 is 0 Å². The van der Waals surface area contributed by atoms with Gasteiger partial charge < -0.3 is 5.32 Å². The molecule has 0 atom stereocenters. The first kappa shape index (κ1) is 9.61. The molecule has 0 unspecified atom stereocenters. The molecule has 78 valence electrons. The lowest BCUT2D eigenvalue weighted by molar-refractivity contribution is 0.230. The van der Waals surface area contributed by atoms with Crippen LogP contribution in [0.25, 0.3) is 0 Å². The van der Waals surface area contributed by atoms with Gasteiger partial charge in [-0.25, -0.2) is 0 Å². The predicted octanol–water partition coefficient (Wildman–Crippen LogP) is -0.228. The number of rotatable bonds is 3. The molecule has 1 aliphatic heterocycles. The van der Waals surface area contributed by atoms with Crippen molar-refractivity contribution < 1.29 is 0 Å². The number of H-pyrrole nitrogens is 1. The summed E-state index contributed by atoms with van der Waals surface area (Å²) in [7, 11) is 0. The molecule has 0 bridgehead atoms. The monoisotopic (exact) mass is 195 g/mol. The third kappa shape index (κ3) is 2.10. The molecular weight excluding hydrogens is 178 g/mol. The minimum atomic E-state index is 0.932. The van der Waals surface area contributed by atoms with Crippen LogP contribution in [0.3, 0.4) is 0 Å². The van der Waals surface area contributed by atoms with Crippen LogP contribution < -0.4 is 5.32 Å². The van der Waals surface area contributed by atoms with Crippen molar-refractivity contribution in [1.29, 1.82) is 0 Å². The van der Waals surface area contributed by atoms with Gasteiger partial charge >= 0.3 is 0 Å². The quantitative estimate of drug-likeness (QED) is 0.699. The minimum Gasteiger partial charge on any atom is -0.314 e. The molecule has 0 aromatic carbocycles. The van der Waals surface area contributed by atoms with Crippen molar-refractivity contribution in [3.63, 3.8) is 0 Å². The molecule has 1 saturated heterocycles. The Bertz CT molecular complexity index is 276. The van der Waals surface area contributed by atoms with Crippen molar-refractivity contribution >= 4 is 0 Å². The number of nitrogens with zero attached hydrogens (tertiary/aromatic N) is 3. The first-order chi connectivity index (χ1) is 6.90. The minimum absolute atomic E-state index is 0.932. The van der Waals surface area contributed by atoms with E-state index in [-0.39, 0.29) is 0 Å². The second-order valence-electron chi connectivity index (χ2n) is 3.60. The van der Waals surface area contributed by atoms with E-state index in [0.29, 0.717) is 0 Å². The van der Waals surface area contributed by atoms with E-state index in [1.54, 1.807) is 0 Å². The van der Waals surface area contributed by atoms with Gasteiger partial charge in [-0.05, 0) is 6.42 Å². The highest BCUT2D eigenvalue weighted by Crippen LogP contribution is 2.06. The molecule has 2 heterocycles. The van der Waals surface area contributed by atoms with Gasteiger partial charge in [0, 0.05) is 32.7 Å². The van der Waals surface area contributed by atoms with Crippen LogP contribution in [0.5, 0.6) is 0 Å². The first-order valence-corrected chi connectivity index (χ1v) is 5.21. The number of nitrogens with one attached hydrogen (secondary N) is 2. The van der Waals surface area contributed by atoms with Gasteiger partial charge in [-0.3, -0.25) is 4.90 Å². The van der Waals surface area contributed by atoms with Gasteiger partial charge in [0.05, 0.1) is 11.4 Å². The predicted molar refractivity (Wildman–Crippen MR) is 53.9 cm³/mol. The second kappa shape index (κ2) is 4.52. The maximum atomic E-state index is 4.18. The van der Waals surface area contributed by atoms with Gasteiger partial charge in [0.25, 0.3) is 0 Å². The fraction of sp³-hybridized carbons (Fsp3) is 0.778. The molecule has 0 saturated carbocycles. The first-order valence-electron chi connectivity index (χ1n) is 5.21. The topological polar surface area (TPSA) is 56.8 Å². The van der Waals surface area contributed by atoms with Crippen LogP contribution in [0.2, 0.25) is 0 Å². The zero-order valence-electron chi connectivity index (χ0n) is 8.58. The van der Waals surface area contributed by atoms with Crippen LogP contribution in [0, 0.1) is 0 Å². The van der Waals surface area contributed by atoms with E-state index in [9.17, 15) is 0 Å².